The molecule has 0 bridgehead atoms. The number of nitrogens with zero attached hydrogens (tertiary/aromatic N) is 1. The van der Waals surface area contributed by atoms with E-state index in [4.69, 9.17) is 16.6 Å². The Morgan fingerprint density at radius 3 is 2.52 bits per heavy atom. The van der Waals surface area contributed by atoms with Gasteiger partial charge >= 0.3 is 0 Å². The Kier molecular flexibility index (Phi) is 5.80. The van der Waals surface area contributed by atoms with Gasteiger partial charge in [0.1, 0.15) is 5.01 Å². The molecular weight excluding hydrogens is 300 g/mol. The summed E-state index contributed by atoms with van der Waals surface area (Å²) in [6, 6.07) is 8.40. The lowest BCUT2D eigenvalue weighted by atomic mass is 10.1. The van der Waals surface area contributed by atoms with Crippen LogP contribution in [-0.4, -0.2) is 11.0 Å². The molecule has 2 nitrogen and oxygen atoms in total. The first-order valence-corrected chi connectivity index (χ1v) is 8.63. The Labute approximate surface area is 136 Å². The van der Waals surface area contributed by atoms with Crippen LogP contribution >= 0.6 is 22.9 Å². The van der Waals surface area contributed by atoms with Gasteiger partial charge in [-0.25, -0.2) is 4.98 Å². The zero-order chi connectivity index (χ0) is 15.4. The van der Waals surface area contributed by atoms with E-state index in [1.165, 1.54) is 10.6 Å². The largest absolute Gasteiger partial charge is 0.310 e. The zero-order valence-corrected chi connectivity index (χ0v) is 14.7. The van der Waals surface area contributed by atoms with Gasteiger partial charge in [0.15, 0.2) is 0 Å². The normalized spacial score (nSPS) is 11.6. The second-order valence-electron chi connectivity index (χ2n) is 6.00. The Bertz CT molecular complexity index is 590. The minimum absolute atomic E-state index is 0.475. The van der Waals surface area contributed by atoms with E-state index in [-0.39, 0.29) is 0 Å². The molecule has 0 atom stereocenters. The van der Waals surface area contributed by atoms with Gasteiger partial charge in [0.25, 0.3) is 0 Å². The molecule has 2 aromatic rings. The number of benzene rings is 1. The lowest BCUT2D eigenvalue weighted by molar-refractivity contribution is 0.581. The number of hydrogen-bond acceptors (Lipinski definition) is 3. The summed E-state index contributed by atoms with van der Waals surface area (Å²) in [5.74, 6) is 0.601. The molecule has 0 aliphatic carbocycles. The lowest BCUT2D eigenvalue weighted by Gasteiger charge is -2.08. The third-order valence-corrected chi connectivity index (χ3v) is 4.62. The third kappa shape index (κ3) is 4.53. The molecule has 1 aromatic carbocycles. The maximum atomic E-state index is 6.30. The molecule has 0 spiro atoms. The molecule has 0 unspecified atom stereocenters. The molecule has 0 aliphatic rings. The first-order chi connectivity index (χ1) is 9.97. The van der Waals surface area contributed by atoms with Crippen molar-refractivity contribution in [1.29, 1.82) is 0 Å². The van der Waals surface area contributed by atoms with Crippen LogP contribution < -0.4 is 5.32 Å². The summed E-state index contributed by atoms with van der Waals surface area (Å²) in [4.78, 5) is 6.18. The quantitative estimate of drug-likeness (QED) is 0.794. The van der Waals surface area contributed by atoms with E-state index in [1.54, 1.807) is 11.3 Å². The van der Waals surface area contributed by atoms with Crippen molar-refractivity contribution in [2.45, 2.75) is 46.7 Å². The first kappa shape index (κ1) is 16.5. The molecule has 4 heteroatoms. The number of aromatic nitrogens is 1. The molecule has 0 fully saturated rings. The molecule has 114 valence electrons. The van der Waals surface area contributed by atoms with Crippen molar-refractivity contribution in [2.24, 2.45) is 5.92 Å². The molecule has 2 rings (SSSR count). The predicted molar refractivity (Wildman–Crippen MR) is 93.1 cm³/mol. The Hall–Kier alpha value is -0.900. The topological polar surface area (TPSA) is 24.9 Å². The molecule has 21 heavy (non-hydrogen) atoms. The summed E-state index contributed by atoms with van der Waals surface area (Å²) in [6.07, 6.45) is 1.01. The second kappa shape index (κ2) is 7.39. The van der Waals surface area contributed by atoms with Crippen LogP contribution in [0.15, 0.2) is 24.3 Å². The van der Waals surface area contributed by atoms with Gasteiger partial charge < -0.3 is 5.32 Å². The average Bonchev–Trinajstić information content (AvgIpc) is 2.79. The highest BCUT2D eigenvalue weighted by Gasteiger charge is 2.15. The Balaban J connectivity index is 2.33. The van der Waals surface area contributed by atoms with E-state index >= 15 is 0 Å². The van der Waals surface area contributed by atoms with E-state index in [9.17, 15) is 0 Å². The van der Waals surface area contributed by atoms with Crippen LogP contribution in [0.4, 0.5) is 0 Å². The van der Waals surface area contributed by atoms with Crippen LogP contribution in [0, 0.1) is 5.92 Å². The van der Waals surface area contributed by atoms with Crippen molar-refractivity contribution in [2.75, 3.05) is 0 Å². The maximum absolute atomic E-state index is 6.30. The molecule has 1 heterocycles. The monoisotopic (exact) mass is 322 g/mol. The highest BCUT2D eigenvalue weighted by atomic mass is 35.5. The predicted octanol–water partition coefficient (Wildman–Crippen LogP) is 5.16. The smallest absolute Gasteiger partial charge is 0.125 e. The number of thiazole rings is 1. The van der Waals surface area contributed by atoms with E-state index in [2.05, 4.69) is 33.0 Å². The van der Waals surface area contributed by atoms with Crippen molar-refractivity contribution in [3.05, 3.63) is 39.9 Å². The summed E-state index contributed by atoms with van der Waals surface area (Å²) in [7, 11) is 0. The molecule has 1 N–H and O–H groups in total. The van der Waals surface area contributed by atoms with Crippen LogP contribution in [-0.2, 0) is 13.0 Å². The molecule has 0 radical (unpaired) electrons. The summed E-state index contributed by atoms with van der Waals surface area (Å²) < 4.78 is 0. The molecule has 0 aliphatic heterocycles. The van der Waals surface area contributed by atoms with Crippen LogP contribution in [0.25, 0.3) is 10.6 Å². The fraction of sp³-hybridized carbons (Fsp3) is 0.471. The van der Waals surface area contributed by atoms with Crippen molar-refractivity contribution < 1.29 is 0 Å². The van der Waals surface area contributed by atoms with Gasteiger partial charge in [0.05, 0.1) is 10.7 Å². The van der Waals surface area contributed by atoms with Gasteiger partial charge in [-0.2, -0.15) is 0 Å². The molecule has 0 saturated carbocycles. The van der Waals surface area contributed by atoms with Crippen molar-refractivity contribution in [3.63, 3.8) is 0 Å². The SMILES string of the molecule is CC(C)Cc1nc(-c2ccccc2Cl)sc1CNC(C)C. The van der Waals surface area contributed by atoms with Gasteiger partial charge in [-0.1, -0.05) is 57.5 Å². The van der Waals surface area contributed by atoms with Crippen molar-refractivity contribution in [3.8, 4) is 10.6 Å². The average molecular weight is 323 g/mol. The Morgan fingerprint density at radius 1 is 1.19 bits per heavy atom. The maximum Gasteiger partial charge on any atom is 0.125 e. The highest BCUT2D eigenvalue weighted by molar-refractivity contribution is 7.15. The molecule has 0 saturated heterocycles. The van der Waals surface area contributed by atoms with Crippen molar-refractivity contribution >= 4 is 22.9 Å². The summed E-state index contributed by atoms with van der Waals surface area (Å²) >= 11 is 8.06. The van der Waals surface area contributed by atoms with Gasteiger partial charge in [-0.3, -0.25) is 0 Å². The number of halogens is 1. The van der Waals surface area contributed by atoms with Crippen molar-refractivity contribution in [1.82, 2.24) is 10.3 Å². The lowest BCUT2D eigenvalue weighted by Crippen LogP contribution is -2.22. The van der Waals surface area contributed by atoms with Gasteiger partial charge in [-0.15, -0.1) is 11.3 Å². The summed E-state index contributed by atoms with van der Waals surface area (Å²) in [5.41, 5.74) is 2.24. The molecular formula is C17H23ClN2S. The zero-order valence-electron chi connectivity index (χ0n) is 13.1. The summed E-state index contributed by atoms with van der Waals surface area (Å²) in [6.45, 7) is 9.67. The fourth-order valence-corrected chi connectivity index (χ4v) is 3.48. The minimum atomic E-state index is 0.475. The molecule has 0 amide bonds. The Morgan fingerprint density at radius 2 is 1.90 bits per heavy atom. The second-order valence-corrected chi connectivity index (χ2v) is 7.49. The van der Waals surface area contributed by atoms with Gasteiger partial charge in [0.2, 0.25) is 0 Å². The van der Waals surface area contributed by atoms with E-state index < -0.39 is 0 Å². The number of nitrogens with one attached hydrogen (secondary N) is 1. The number of hydrogen-bond donors (Lipinski definition) is 1. The van der Waals surface area contributed by atoms with Crippen LogP contribution in [0.3, 0.4) is 0 Å². The van der Waals surface area contributed by atoms with Crippen LogP contribution in [0.1, 0.15) is 38.3 Å². The van der Waals surface area contributed by atoms with E-state index in [0.717, 1.165) is 28.6 Å². The third-order valence-electron chi connectivity index (χ3n) is 3.15. The van der Waals surface area contributed by atoms with Crippen LogP contribution in [0.5, 0.6) is 0 Å². The van der Waals surface area contributed by atoms with Gasteiger partial charge in [0, 0.05) is 23.0 Å². The number of rotatable bonds is 6. The summed E-state index contributed by atoms with van der Waals surface area (Å²) in [5, 5.41) is 5.29. The molecule has 1 aromatic heterocycles. The van der Waals surface area contributed by atoms with E-state index in [0.29, 0.717) is 12.0 Å². The van der Waals surface area contributed by atoms with E-state index in [1.807, 2.05) is 24.3 Å². The highest BCUT2D eigenvalue weighted by Crippen LogP contribution is 2.33. The fourth-order valence-electron chi connectivity index (χ4n) is 2.11. The van der Waals surface area contributed by atoms with Crippen LogP contribution in [0.2, 0.25) is 5.02 Å². The standard InChI is InChI=1S/C17H23ClN2S/c1-11(2)9-15-16(10-19-12(3)4)21-17(20-15)13-7-5-6-8-14(13)18/h5-8,11-12,19H,9-10H2,1-4H3. The minimum Gasteiger partial charge on any atom is -0.310 e. The van der Waals surface area contributed by atoms with Gasteiger partial charge in [-0.05, 0) is 18.4 Å². The first-order valence-electron chi connectivity index (χ1n) is 7.44.